The molecule has 192 valence electrons. The third kappa shape index (κ3) is 5.50. The highest BCUT2D eigenvalue weighted by Crippen LogP contribution is 2.23. The quantitative estimate of drug-likeness (QED) is 0.193. The lowest BCUT2D eigenvalue weighted by atomic mass is 10.0. The molecular weight excluding hydrogens is 472 g/mol. The molecule has 1 aromatic heterocycles. The Balaban J connectivity index is 1.82. The molecule has 0 aliphatic heterocycles. The van der Waals surface area contributed by atoms with Crippen molar-refractivity contribution in [2.45, 2.75) is 41.5 Å². The number of aryl methyl sites for hydroxylation is 6. The largest absolute Gasteiger partial charge is 0.341 e. The molecule has 1 heterocycles. The monoisotopic (exact) mass is 504 g/mol. The van der Waals surface area contributed by atoms with Gasteiger partial charge in [0, 0.05) is 18.0 Å². The number of nitrogens with zero attached hydrogens (tertiary/aromatic N) is 5. The van der Waals surface area contributed by atoms with Crippen LogP contribution in [0, 0.1) is 53.9 Å². The number of carbonyl (C=O) groups is 1. The average molecular weight is 505 g/mol. The maximum absolute atomic E-state index is 12.1. The van der Waals surface area contributed by atoms with E-state index in [2.05, 4.69) is 102 Å². The zero-order valence-electron chi connectivity index (χ0n) is 22.7. The molecule has 1 amide bonds. The molecule has 4 rings (SSSR count). The van der Waals surface area contributed by atoms with Crippen LogP contribution in [0.2, 0.25) is 0 Å². The normalized spacial score (nSPS) is 11.0. The van der Waals surface area contributed by atoms with Gasteiger partial charge >= 0.3 is 0 Å². The Hall–Kier alpha value is -4.70. The minimum Gasteiger partial charge on any atom is -0.341 e. The van der Waals surface area contributed by atoms with Crippen LogP contribution in [0.1, 0.15) is 43.7 Å². The molecule has 0 radical (unpaired) electrons. The third-order valence-electron chi connectivity index (χ3n) is 6.32. The molecule has 0 unspecified atom stereocenters. The van der Waals surface area contributed by atoms with Crippen LogP contribution in [0.3, 0.4) is 0 Å². The van der Waals surface area contributed by atoms with Gasteiger partial charge in [-0.3, -0.25) is 13.9 Å². The van der Waals surface area contributed by atoms with Crippen LogP contribution < -0.4 is 10.9 Å². The maximum atomic E-state index is 12.1. The van der Waals surface area contributed by atoms with Crippen molar-refractivity contribution >= 4 is 11.6 Å². The predicted molar refractivity (Wildman–Crippen MR) is 151 cm³/mol. The van der Waals surface area contributed by atoms with Crippen molar-refractivity contribution in [1.29, 1.82) is 0 Å². The Kier molecular flexibility index (Phi) is 7.73. The fourth-order valence-electron chi connectivity index (χ4n) is 4.96. The van der Waals surface area contributed by atoms with Crippen molar-refractivity contribution in [1.82, 2.24) is 14.5 Å². The Morgan fingerprint density at radius 1 is 0.816 bits per heavy atom. The molecule has 38 heavy (non-hydrogen) atoms. The summed E-state index contributed by atoms with van der Waals surface area (Å²) in [5, 5.41) is 15.8. The summed E-state index contributed by atoms with van der Waals surface area (Å²) in [6, 6.07) is 15.5. The number of benzene rings is 3. The number of aromatic nitrogens is 2. The summed E-state index contributed by atoms with van der Waals surface area (Å²) < 4.78 is 4.11. The standard InChI is InChI=1S/C31H32N6O/c1-8-13-32-30(38)26-9-11-27(12-10-26)33-35-34-31-36(28-22(4)16-20(2)17-23(28)5)14-15-37(31)29-24(6)18-21(3)19-25(29)7/h1,9-12,14-19H,13H2,2-7H3,(H,32,38). The second-order valence-electron chi connectivity index (χ2n) is 9.56. The van der Waals surface area contributed by atoms with E-state index < -0.39 is 0 Å². The van der Waals surface area contributed by atoms with Gasteiger partial charge in [0.25, 0.3) is 5.91 Å². The van der Waals surface area contributed by atoms with E-state index in [0.29, 0.717) is 16.9 Å². The summed E-state index contributed by atoms with van der Waals surface area (Å²) >= 11 is 0. The van der Waals surface area contributed by atoms with E-state index in [4.69, 9.17) is 6.42 Å². The summed E-state index contributed by atoms with van der Waals surface area (Å²) in [6.07, 6.45) is 9.24. The van der Waals surface area contributed by atoms with Crippen molar-refractivity contribution < 1.29 is 4.79 Å². The average Bonchev–Trinajstić information content (AvgIpc) is 3.24. The van der Waals surface area contributed by atoms with Gasteiger partial charge in [0.1, 0.15) is 0 Å². The molecule has 3 aromatic carbocycles. The van der Waals surface area contributed by atoms with Gasteiger partial charge in [-0.25, -0.2) is 0 Å². The lowest BCUT2D eigenvalue weighted by Gasteiger charge is -2.14. The van der Waals surface area contributed by atoms with Gasteiger partial charge in [-0.2, -0.15) is 0 Å². The first-order valence-corrected chi connectivity index (χ1v) is 12.4. The first kappa shape index (κ1) is 26.4. The number of hydrogen-bond acceptors (Lipinski definition) is 3. The topological polar surface area (TPSA) is 76.0 Å². The number of hydrogen-bond donors (Lipinski definition) is 1. The van der Waals surface area contributed by atoms with E-state index in [9.17, 15) is 4.79 Å². The number of imidazole rings is 1. The summed E-state index contributed by atoms with van der Waals surface area (Å²) in [4.78, 5) is 12.1. The molecule has 0 saturated carbocycles. The van der Waals surface area contributed by atoms with Gasteiger partial charge in [-0.15, -0.1) is 11.5 Å². The van der Waals surface area contributed by atoms with Gasteiger partial charge < -0.3 is 5.32 Å². The molecule has 0 bridgehead atoms. The zero-order chi connectivity index (χ0) is 27.4. The Morgan fingerprint density at radius 2 is 1.29 bits per heavy atom. The molecule has 0 aliphatic carbocycles. The van der Waals surface area contributed by atoms with Crippen molar-refractivity contribution in [2.75, 3.05) is 6.54 Å². The highest BCUT2D eigenvalue weighted by molar-refractivity contribution is 5.94. The highest BCUT2D eigenvalue weighted by Gasteiger charge is 2.14. The van der Waals surface area contributed by atoms with E-state index >= 15 is 0 Å². The highest BCUT2D eigenvalue weighted by atomic mass is 16.1. The Labute approximate surface area is 223 Å². The number of carbonyl (C=O) groups excluding carboxylic acids is 1. The summed E-state index contributed by atoms with van der Waals surface area (Å²) in [6.45, 7) is 12.8. The van der Waals surface area contributed by atoms with Crippen LogP contribution in [0.5, 0.6) is 0 Å². The molecule has 4 aromatic rings. The van der Waals surface area contributed by atoms with Gasteiger partial charge in [-0.05, 0) is 93.3 Å². The van der Waals surface area contributed by atoms with Gasteiger partial charge in [-0.1, -0.05) is 46.4 Å². The lowest BCUT2D eigenvalue weighted by Crippen LogP contribution is -2.25. The van der Waals surface area contributed by atoms with Gasteiger partial charge in [0.15, 0.2) is 0 Å². The molecular formula is C31H32N6O. The molecule has 0 spiro atoms. The second kappa shape index (κ2) is 11.1. The zero-order valence-corrected chi connectivity index (χ0v) is 22.7. The van der Waals surface area contributed by atoms with Crippen LogP contribution in [-0.4, -0.2) is 21.6 Å². The smallest absolute Gasteiger partial charge is 0.252 e. The lowest BCUT2D eigenvalue weighted by molar-refractivity contribution is 0.0958. The molecule has 0 atom stereocenters. The second-order valence-corrected chi connectivity index (χ2v) is 9.56. The molecule has 7 nitrogen and oxygen atoms in total. The van der Waals surface area contributed by atoms with Crippen molar-refractivity contribution in [3.05, 3.63) is 105 Å². The van der Waals surface area contributed by atoms with E-state index in [1.165, 1.54) is 11.1 Å². The van der Waals surface area contributed by atoms with Crippen LogP contribution in [-0.2, 0) is 0 Å². The fraction of sp³-hybridized carbons (Fsp3) is 0.226. The molecule has 0 aliphatic rings. The van der Waals surface area contributed by atoms with Crippen molar-refractivity contribution in [3.63, 3.8) is 0 Å². The Morgan fingerprint density at radius 3 is 1.74 bits per heavy atom. The van der Waals surface area contributed by atoms with E-state index in [0.717, 1.165) is 33.6 Å². The molecule has 0 fully saturated rings. The summed E-state index contributed by atoms with van der Waals surface area (Å²) in [7, 11) is 0. The molecule has 1 N–H and O–H groups in total. The first-order chi connectivity index (χ1) is 18.2. The minimum atomic E-state index is -0.234. The molecule has 0 saturated heterocycles. The first-order valence-electron chi connectivity index (χ1n) is 12.4. The van der Waals surface area contributed by atoms with Crippen molar-refractivity contribution in [3.8, 4) is 23.7 Å². The number of rotatable bonds is 6. The van der Waals surface area contributed by atoms with Crippen LogP contribution in [0.25, 0.3) is 11.4 Å². The number of amides is 1. The fourth-order valence-corrected chi connectivity index (χ4v) is 4.96. The SMILES string of the molecule is C#CCNC(=O)c1ccc(N=NN=c2n(-c3c(C)cc(C)cc3C)ccn2-c2c(C)cc(C)cc2C)cc1. The van der Waals surface area contributed by atoms with E-state index in [-0.39, 0.29) is 12.5 Å². The van der Waals surface area contributed by atoms with E-state index in [1.807, 2.05) is 12.4 Å². The minimum absolute atomic E-state index is 0.179. The summed E-state index contributed by atoms with van der Waals surface area (Å²) in [5.41, 5.74) is 10.8. The Bertz CT molecular complexity index is 1520. The van der Waals surface area contributed by atoms with Gasteiger partial charge in [0.2, 0.25) is 5.62 Å². The van der Waals surface area contributed by atoms with Crippen LogP contribution in [0.4, 0.5) is 5.69 Å². The van der Waals surface area contributed by atoms with E-state index in [1.54, 1.807) is 24.3 Å². The van der Waals surface area contributed by atoms with Crippen LogP contribution >= 0.6 is 0 Å². The van der Waals surface area contributed by atoms with Gasteiger partial charge in [0.05, 0.1) is 23.6 Å². The predicted octanol–water partition coefficient (Wildman–Crippen LogP) is 6.08. The maximum Gasteiger partial charge on any atom is 0.252 e. The molecule has 7 heteroatoms. The number of nitrogens with one attached hydrogen (secondary N) is 1. The van der Waals surface area contributed by atoms with Crippen molar-refractivity contribution in [2.24, 2.45) is 15.4 Å². The third-order valence-corrected chi connectivity index (χ3v) is 6.32. The number of terminal acetylenes is 1. The van der Waals surface area contributed by atoms with Crippen LogP contribution in [0.15, 0.2) is 76.4 Å². The summed E-state index contributed by atoms with van der Waals surface area (Å²) in [5.74, 6) is 2.16.